The van der Waals surface area contributed by atoms with Crippen LogP contribution in [-0.4, -0.2) is 71.2 Å². The summed E-state index contributed by atoms with van der Waals surface area (Å²) in [5.41, 5.74) is 1.85. The molecule has 4 aliphatic rings. The van der Waals surface area contributed by atoms with Crippen LogP contribution in [0.25, 0.3) is 0 Å². The SMILES string of the molecule is O=C(N[C@H]1C2CN3CCN(C2)CC1(c1ccccc1)C3)c1ccnnc1. The van der Waals surface area contributed by atoms with Gasteiger partial charge in [0.25, 0.3) is 5.91 Å². The number of carbonyl (C=O) groups is 1. The summed E-state index contributed by atoms with van der Waals surface area (Å²) >= 11 is 0. The summed E-state index contributed by atoms with van der Waals surface area (Å²) in [7, 11) is 0. The zero-order valence-electron chi connectivity index (χ0n) is 14.7. The van der Waals surface area contributed by atoms with Crippen molar-refractivity contribution in [3.8, 4) is 0 Å². The average molecular weight is 349 g/mol. The molecule has 1 amide bonds. The Morgan fingerprint density at radius 1 is 1.04 bits per heavy atom. The molecule has 1 aromatic heterocycles. The molecule has 2 unspecified atom stereocenters. The van der Waals surface area contributed by atoms with Crippen molar-refractivity contribution in [1.82, 2.24) is 25.3 Å². The summed E-state index contributed by atoms with van der Waals surface area (Å²) in [5, 5.41) is 11.0. The fourth-order valence-corrected chi connectivity index (χ4v) is 5.22. The highest BCUT2D eigenvalue weighted by Gasteiger charge is 2.55. The topological polar surface area (TPSA) is 61.4 Å². The minimum absolute atomic E-state index is 0.0450. The van der Waals surface area contributed by atoms with E-state index in [9.17, 15) is 4.79 Å². The molecule has 0 spiro atoms. The summed E-state index contributed by atoms with van der Waals surface area (Å²) in [6, 6.07) is 12.6. The molecule has 0 saturated carbocycles. The van der Waals surface area contributed by atoms with Gasteiger partial charge in [0.2, 0.25) is 0 Å². The summed E-state index contributed by atoms with van der Waals surface area (Å²) in [6.07, 6.45) is 3.11. The number of benzene rings is 1. The van der Waals surface area contributed by atoms with Gasteiger partial charge in [-0.15, -0.1) is 0 Å². The van der Waals surface area contributed by atoms with Gasteiger partial charge in [0.1, 0.15) is 0 Å². The number of rotatable bonds is 3. The monoisotopic (exact) mass is 349 g/mol. The van der Waals surface area contributed by atoms with Gasteiger partial charge < -0.3 is 15.1 Å². The molecule has 26 heavy (non-hydrogen) atoms. The standard InChI is InChI=1S/C20H23N5O/c26-19(15-6-7-21-22-10-15)23-18-16-11-24-8-9-25(12-16)14-20(18,13-24)17-4-2-1-3-5-17/h1-7,10,16,18H,8-9,11-14H2,(H,23,26)/t16?,18-,20?/m0/s1. The van der Waals surface area contributed by atoms with E-state index in [0.717, 1.165) is 39.3 Å². The van der Waals surface area contributed by atoms with Crippen molar-refractivity contribution in [2.75, 3.05) is 39.3 Å². The molecule has 4 aliphatic heterocycles. The number of hydrogen-bond donors (Lipinski definition) is 1. The lowest BCUT2D eigenvalue weighted by atomic mass is 9.64. The molecule has 134 valence electrons. The molecule has 3 atom stereocenters. The Morgan fingerprint density at radius 2 is 1.77 bits per heavy atom. The molecule has 0 radical (unpaired) electrons. The highest BCUT2D eigenvalue weighted by molar-refractivity contribution is 5.94. The fraction of sp³-hybridized carbons (Fsp3) is 0.450. The van der Waals surface area contributed by atoms with E-state index in [2.05, 4.69) is 55.6 Å². The molecule has 4 bridgehead atoms. The molecule has 0 aliphatic carbocycles. The summed E-state index contributed by atoms with van der Waals surface area (Å²) in [6.45, 7) is 6.38. The first kappa shape index (κ1) is 15.9. The number of aromatic nitrogens is 2. The zero-order valence-corrected chi connectivity index (χ0v) is 14.7. The Hall–Kier alpha value is -2.31. The minimum Gasteiger partial charge on any atom is -0.348 e. The Morgan fingerprint density at radius 3 is 2.42 bits per heavy atom. The lowest BCUT2D eigenvalue weighted by Gasteiger charge is -2.55. The van der Waals surface area contributed by atoms with Crippen LogP contribution >= 0.6 is 0 Å². The first-order valence-electron chi connectivity index (χ1n) is 9.32. The van der Waals surface area contributed by atoms with E-state index in [0.29, 0.717) is 11.5 Å². The van der Waals surface area contributed by atoms with Gasteiger partial charge in [-0.05, 0) is 11.6 Å². The van der Waals surface area contributed by atoms with E-state index in [4.69, 9.17) is 0 Å². The quantitative estimate of drug-likeness (QED) is 0.887. The number of carbonyl (C=O) groups excluding carboxylic acids is 1. The van der Waals surface area contributed by atoms with Crippen molar-refractivity contribution >= 4 is 5.91 Å². The number of nitrogens with zero attached hydrogens (tertiary/aromatic N) is 4. The van der Waals surface area contributed by atoms with Crippen LogP contribution in [0.1, 0.15) is 15.9 Å². The summed E-state index contributed by atoms with van der Waals surface area (Å²) in [5.74, 6) is 0.398. The predicted octanol–water partition coefficient (Wildman–Crippen LogP) is 0.774. The molecule has 1 aromatic carbocycles. The van der Waals surface area contributed by atoms with Gasteiger partial charge in [-0.2, -0.15) is 10.2 Å². The number of hydrogen-bond acceptors (Lipinski definition) is 5. The van der Waals surface area contributed by atoms with E-state index < -0.39 is 0 Å². The van der Waals surface area contributed by atoms with Crippen molar-refractivity contribution < 1.29 is 4.79 Å². The third-order valence-corrected chi connectivity index (χ3v) is 6.28. The highest BCUT2D eigenvalue weighted by atomic mass is 16.1. The Labute approximate surface area is 153 Å². The van der Waals surface area contributed by atoms with E-state index in [1.165, 1.54) is 5.56 Å². The molecule has 2 aromatic rings. The average Bonchev–Trinajstić information content (AvgIpc) is 2.94. The molecule has 6 heteroatoms. The Kier molecular flexibility index (Phi) is 3.76. The van der Waals surface area contributed by atoms with E-state index in [-0.39, 0.29) is 17.4 Å². The molecular weight excluding hydrogens is 326 g/mol. The third-order valence-electron chi connectivity index (χ3n) is 6.28. The summed E-state index contributed by atoms with van der Waals surface area (Å²) in [4.78, 5) is 18.1. The van der Waals surface area contributed by atoms with Crippen molar-refractivity contribution in [3.63, 3.8) is 0 Å². The molecule has 6 nitrogen and oxygen atoms in total. The fourth-order valence-electron chi connectivity index (χ4n) is 5.22. The van der Waals surface area contributed by atoms with Gasteiger partial charge in [-0.1, -0.05) is 30.3 Å². The van der Waals surface area contributed by atoms with Gasteiger partial charge in [0, 0.05) is 56.6 Å². The van der Waals surface area contributed by atoms with Crippen molar-refractivity contribution in [2.24, 2.45) is 5.92 Å². The molecular formula is C20H23N5O. The van der Waals surface area contributed by atoms with Crippen LogP contribution in [0.5, 0.6) is 0 Å². The smallest absolute Gasteiger partial charge is 0.253 e. The second-order valence-corrected chi connectivity index (χ2v) is 7.83. The van der Waals surface area contributed by atoms with Crippen molar-refractivity contribution in [1.29, 1.82) is 0 Å². The second kappa shape index (κ2) is 6.14. The van der Waals surface area contributed by atoms with Gasteiger partial charge in [0.05, 0.1) is 18.0 Å². The van der Waals surface area contributed by atoms with Gasteiger partial charge in [-0.3, -0.25) is 4.79 Å². The maximum atomic E-state index is 12.9. The maximum Gasteiger partial charge on any atom is 0.253 e. The zero-order chi connectivity index (χ0) is 17.6. The Bertz CT molecular complexity index is 780. The third kappa shape index (κ3) is 2.52. The van der Waals surface area contributed by atoms with Gasteiger partial charge in [0.15, 0.2) is 0 Å². The number of amides is 1. The molecule has 4 saturated heterocycles. The molecule has 5 heterocycles. The van der Waals surface area contributed by atoms with Crippen LogP contribution < -0.4 is 5.32 Å². The number of fused-ring (bicyclic) bond motifs is 1. The highest BCUT2D eigenvalue weighted by Crippen LogP contribution is 2.43. The molecule has 6 rings (SSSR count). The first-order chi connectivity index (χ1) is 12.7. The van der Waals surface area contributed by atoms with Crippen LogP contribution in [0.3, 0.4) is 0 Å². The van der Waals surface area contributed by atoms with Crippen LogP contribution in [0, 0.1) is 5.92 Å². The second-order valence-electron chi connectivity index (χ2n) is 7.83. The Balaban J connectivity index is 1.53. The number of nitrogens with one attached hydrogen (secondary N) is 1. The van der Waals surface area contributed by atoms with Crippen LogP contribution in [0.4, 0.5) is 0 Å². The van der Waals surface area contributed by atoms with Crippen molar-refractivity contribution in [3.05, 3.63) is 59.9 Å². The van der Waals surface area contributed by atoms with Gasteiger partial charge in [-0.25, -0.2) is 0 Å². The van der Waals surface area contributed by atoms with Crippen LogP contribution in [0.2, 0.25) is 0 Å². The lowest BCUT2D eigenvalue weighted by molar-refractivity contribution is 0.0180. The predicted molar refractivity (Wildman–Crippen MR) is 97.8 cm³/mol. The first-order valence-corrected chi connectivity index (χ1v) is 9.32. The van der Waals surface area contributed by atoms with Crippen LogP contribution in [0.15, 0.2) is 48.8 Å². The normalized spacial score (nSPS) is 35.1. The molecule has 4 fully saturated rings. The largest absolute Gasteiger partial charge is 0.348 e. The summed E-state index contributed by atoms with van der Waals surface area (Å²) < 4.78 is 0. The maximum absolute atomic E-state index is 12.9. The lowest BCUT2D eigenvalue weighted by Crippen LogP contribution is -2.70. The van der Waals surface area contributed by atoms with Gasteiger partial charge >= 0.3 is 0 Å². The number of piperidine rings is 2. The van der Waals surface area contributed by atoms with E-state index in [1.54, 1.807) is 18.5 Å². The van der Waals surface area contributed by atoms with Crippen molar-refractivity contribution in [2.45, 2.75) is 11.5 Å². The minimum atomic E-state index is -0.0605. The van der Waals surface area contributed by atoms with E-state index in [1.807, 2.05) is 0 Å². The van der Waals surface area contributed by atoms with E-state index >= 15 is 0 Å². The van der Waals surface area contributed by atoms with Crippen LogP contribution in [-0.2, 0) is 5.41 Å². The molecule has 1 N–H and O–H groups in total.